The molecule has 0 fully saturated rings. The molecule has 9 heavy (non-hydrogen) atoms. The summed E-state index contributed by atoms with van der Waals surface area (Å²) in [4.78, 5) is 0. The molecule has 1 aromatic carbocycles. The molecule has 2 nitrogen and oxygen atoms in total. The predicted molar refractivity (Wildman–Crippen MR) is 39.7 cm³/mol. The van der Waals surface area contributed by atoms with Gasteiger partial charge in [0, 0.05) is 5.30 Å². The van der Waals surface area contributed by atoms with Crippen molar-refractivity contribution >= 4 is 14.1 Å². The second-order valence-corrected chi connectivity index (χ2v) is 2.60. The van der Waals surface area contributed by atoms with E-state index in [1.54, 1.807) is 0 Å². The molecular formula is C6H8NOP. The van der Waals surface area contributed by atoms with Crippen LogP contribution in [0.25, 0.3) is 0 Å². The van der Waals surface area contributed by atoms with Crippen LogP contribution in [0.1, 0.15) is 0 Å². The van der Waals surface area contributed by atoms with Gasteiger partial charge in [0.15, 0.2) is 0 Å². The van der Waals surface area contributed by atoms with Crippen molar-refractivity contribution in [3.63, 3.8) is 0 Å². The van der Waals surface area contributed by atoms with Crippen LogP contribution >= 0.6 is 8.81 Å². The Hall–Kier alpha value is -0.430. The molecule has 0 spiro atoms. The molecule has 1 atom stereocenters. The average molecular weight is 141 g/mol. The first-order chi connectivity index (χ1) is 4.43. The fraction of sp³-hybridized carbons (Fsp3) is 0. The van der Waals surface area contributed by atoms with Gasteiger partial charge in [-0.1, -0.05) is 30.3 Å². The minimum atomic E-state index is 0.265. The van der Waals surface area contributed by atoms with Crippen LogP contribution in [0.3, 0.4) is 0 Å². The number of rotatable bonds is 2. The molecule has 48 valence electrons. The quantitative estimate of drug-likeness (QED) is 0.488. The van der Waals surface area contributed by atoms with E-state index < -0.39 is 0 Å². The highest BCUT2D eigenvalue weighted by atomic mass is 31.1. The molecule has 1 rings (SSSR count). The molecule has 0 aliphatic carbocycles. The van der Waals surface area contributed by atoms with Gasteiger partial charge in [-0.05, 0) is 0 Å². The molecule has 0 bridgehead atoms. The maximum atomic E-state index is 4.87. The summed E-state index contributed by atoms with van der Waals surface area (Å²) >= 11 is 0. The summed E-state index contributed by atoms with van der Waals surface area (Å²) in [6.07, 6.45) is 0. The van der Waals surface area contributed by atoms with Gasteiger partial charge in [0.1, 0.15) is 0 Å². The highest BCUT2D eigenvalue weighted by molar-refractivity contribution is 7.41. The number of hydrogen-bond donors (Lipinski definition) is 1. The van der Waals surface area contributed by atoms with Gasteiger partial charge >= 0.3 is 0 Å². The van der Waals surface area contributed by atoms with Gasteiger partial charge in [-0.15, -0.1) is 0 Å². The Morgan fingerprint density at radius 2 is 1.89 bits per heavy atom. The zero-order valence-electron chi connectivity index (χ0n) is 4.87. The van der Waals surface area contributed by atoms with Crippen LogP contribution in [-0.2, 0) is 4.62 Å². The second-order valence-electron chi connectivity index (χ2n) is 1.59. The van der Waals surface area contributed by atoms with Crippen molar-refractivity contribution in [1.29, 1.82) is 0 Å². The third-order valence-corrected chi connectivity index (χ3v) is 1.64. The van der Waals surface area contributed by atoms with E-state index in [2.05, 4.69) is 4.62 Å². The Morgan fingerprint density at radius 1 is 1.22 bits per heavy atom. The maximum Gasteiger partial charge on any atom is 0.0712 e. The van der Waals surface area contributed by atoms with Crippen molar-refractivity contribution in [3.05, 3.63) is 30.3 Å². The standard InChI is InChI=1S/C6H8NOP/c7-8-9-6-4-2-1-3-5-6/h1-5,9H,7H2. The third-order valence-electron chi connectivity index (χ3n) is 0.951. The van der Waals surface area contributed by atoms with Crippen LogP contribution < -0.4 is 11.2 Å². The van der Waals surface area contributed by atoms with Crippen LogP contribution in [0.5, 0.6) is 0 Å². The lowest BCUT2D eigenvalue weighted by Gasteiger charge is -1.94. The first-order valence-corrected chi connectivity index (χ1v) is 3.51. The van der Waals surface area contributed by atoms with Crippen LogP contribution in [0, 0.1) is 0 Å². The van der Waals surface area contributed by atoms with Crippen molar-refractivity contribution in [1.82, 2.24) is 0 Å². The van der Waals surface area contributed by atoms with Gasteiger partial charge in [0.2, 0.25) is 0 Å². The lowest BCUT2D eigenvalue weighted by molar-refractivity contribution is 0.390. The first kappa shape index (κ1) is 6.69. The van der Waals surface area contributed by atoms with E-state index in [1.165, 1.54) is 0 Å². The molecule has 0 amide bonds. The molecule has 0 aromatic heterocycles. The summed E-state index contributed by atoms with van der Waals surface area (Å²) in [5, 5.41) is 1.13. The maximum absolute atomic E-state index is 4.87. The molecule has 0 saturated carbocycles. The van der Waals surface area contributed by atoms with E-state index in [0.717, 1.165) is 5.30 Å². The minimum absolute atomic E-state index is 0.265. The summed E-state index contributed by atoms with van der Waals surface area (Å²) in [6, 6.07) is 9.84. The van der Waals surface area contributed by atoms with Gasteiger partial charge in [-0.25, -0.2) is 5.90 Å². The van der Waals surface area contributed by atoms with Crippen molar-refractivity contribution < 1.29 is 4.62 Å². The third kappa shape index (κ3) is 2.10. The summed E-state index contributed by atoms with van der Waals surface area (Å²) in [7, 11) is 0.265. The molecular weight excluding hydrogens is 133 g/mol. The van der Waals surface area contributed by atoms with E-state index in [4.69, 9.17) is 5.90 Å². The minimum Gasteiger partial charge on any atom is -0.281 e. The summed E-state index contributed by atoms with van der Waals surface area (Å²) in [5.41, 5.74) is 0. The molecule has 0 aliphatic rings. The molecule has 2 N–H and O–H groups in total. The normalized spacial score (nSPS) is 10.8. The summed E-state index contributed by atoms with van der Waals surface area (Å²) in [6.45, 7) is 0. The van der Waals surface area contributed by atoms with Crippen molar-refractivity contribution in [2.24, 2.45) is 5.90 Å². The van der Waals surface area contributed by atoms with E-state index >= 15 is 0 Å². The van der Waals surface area contributed by atoms with Crippen LogP contribution in [-0.4, -0.2) is 0 Å². The first-order valence-electron chi connectivity index (χ1n) is 2.60. The second kappa shape index (κ2) is 3.57. The summed E-state index contributed by atoms with van der Waals surface area (Å²) in [5.74, 6) is 4.87. The van der Waals surface area contributed by atoms with Crippen LogP contribution in [0.2, 0.25) is 0 Å². The highest BCUT2D eigenvalue weighted by Gasteiger charge is 1.85. The van der Waals surface area contributed by atoms with Gasteiger partial charge in [-0.3, -0.25) is 4.62 Å². The van der Waals surface area contributed by atoms with Crippen molar-refractivity contribution in [2.45, 2.75) is 0 Å². The molecule has 0 radical (unpaired) electrons. The van der Waals surface area contributed by atoms with E-state index in [0.29, 0.717) is 0 Å². The van der Waals surface area contributed by atoms with Crippen molar-refractivity contribution in [3.8, 4) is 0 Å². The molecule has 1 aromatic rings. The fourth-order valence-electron chi connectivity index (χ4n) is 0.574. The Labute approximate surface area is 55.8 Å². The van der Waals surface area contributed by atoms with Gasteiger partial charge < -0.3 is 0 Å². The largest absolute Gasteiger partial charge is 0.281 e. The molecule has 0 saturated heterocycles. The number of nitrogens with two attached hydrogens (primary N) is 1. The summed E-state index contributed by atoms with van der Waals surface area (Å²) < 4.78 is 4.46. The lowest BCUT2D eigenvalue weighted by Crippen LogP contribution is -1.96. The van der Waals surface area contributed by atoms with Gasteiger partial charge in [0.25, 0.3) is 0 Å². The van der Waals surface area contributed by atoms with Gasteiger partial charge in [0.05, 0.1) is 8.81 Å². The average Bonchev–Trinajstić information content (AvgIpc) is 1.91. The zero-order chi connectivity index (χ0) is 6.53. The number of hydrogen-bond acceptors (Lipinski definition) is 2. The van der Waals surface area contributed by atoms with Crippen LogP contribution in [0.4, 0.5) is 0 Å². The highest BCUT2D eigenvalue weighted by Crippen LogP contribution is 2.05. The zero-order valence-corrected chi connectivity index (χ0v) is 5.87. The predicted octanol–water partition coefficient (Wildman–Crippen LogP) is 0.796. The van der Waals surface area contributed by atoms with E-state index in [-0.39, 0.29) is 8.81 Å². The Balaban J connectivity index is 2.61. The smallest absolute Gasteiger partial charge is 0.0712 e. The Morgan fingerprint density at radius 3 is 2.44 bits per heavy atom. The molecule has 0 aliphatic heterocycles. The molecule has 1 unspecified atom stereocenters. The molecule has 0 heterocycles. The Bertz CT molecular complexity index is 166. The van der Waals surface area contributed by atoms with E-state index in [9.17, 15) is 0 Å². The fourth-order valence-corrected chi connectivity index (χ4v) is 1.04. The molecule has 3 heteroatoms. The number of benzene rings is 1. The van der Waals surface area contributed by atoms with E-state index in [1.807, 2.05) is 30.3 Å². The van der Waals surface area contributed by atoms with Crippen molar-refractivity contribution in [2.75, 3.05) is 0 Å². The van der Waals surface area contributed by atoms with Gasteiger partial charge in [-0.2, -0.15) is 0 Å². The SMILES string of the molecule is NOPc1ccccc1. The topological polar surface area (TPSA) is 35.2 Å². The monoisotopic (exact) mass is 141 g/mol. The Kier molecular flexibility index (Phi) is 2.65. The van der Waals surface area contributed by atoms with Crippen LogP contribution in [0.15, 0.2) is 30.3 Å². The lowest BCUT2D eigenvalue weighted by atomic mass is 10.4.